The van der Waals surface area contributed by atoms with Crippen LogP contribution in [0.3, 0.4) is 0 Å². The minimum absolute atomic E-state index is 0.0714. The van der Waals surface area contributed by atoms with Gasteiger partial charge in [-0.05, 0) is 63.6 Å². The Bertz CT molecular complexity index is 476. The highest BCUT2D eigenvalue weighted by atomic mass is 127. The number of esters is 1. The number of hydrogen-bond donors (Lipinski definition) is 0. The summed E-state index contributed by atoms with van der Waals surface area (Å²) in [5.41, 5.74) is -0.0937. The predicted molar refractivity (Wildman–Crippen MR) is 84.8 cm³/mol. The number of carboxylic acids is 1. The molecule has 0 aliphatic carbocycles. The van der Waals surface area contributed by atoms with E-state index in [1.165, 1.54) is 17.8 Å². The van der Waals surface area contributed by atoms with Crippen molar-refractivity contribution in [3.63, 3.8) is 0 Å². The molecule has 4 nitrogen and oxygen atoms in total. The van der Waals surface area contributed by atoms with Crippen LogP contribution in [0.15, 0.2) is 12.1 Å². The molecular formula is C11H9I2O4S-. The summed E-state index contributed by atoms with van der Waals surface area (Å²) in [6.07, 6.45) is 2.13. The standard InChI is InChI=1S/C11H10I2O4S/c1-18-3-2-9(14)17-10-7(11(15)16)4-6(12)5-8(10)13/h4-5H,2-3H2,1H3,(H,15,16)/p-1. The van der Waals surface area contributed by atoms with Gasteiger partial charge in [-0.25, -0.2) is 0 Å². The quantitative estimate of drug-likeness (QED) is 0.358. The van der Waals surface area contributed by atoms with Gasteiger partial charge in [-0.3, -0.25) is 4.79 Å². The molecule has 0 bridgehead atoms. The number of carboxylic acid groups (broad SMARTS) is 1. The number of carbonyl (C=O) groups is 2. The van der Waals surface area contributed by atoms with Crippen LogP contribution in [-0.2, 0) is 4.79 Å². The zero-order valence-corrected chi connectivity index (χ0v) is 14.5. The summed E-state index contributed by atoms with van der Waals surface area (Å²) in [4.78, 5) is 22.5. The molecule has 0 saturated heterocycles. The van der Waals surface area contributed by atoms with E-state index >= 15 is 0 Å². The highest BCUT2D eigenvalue weighted by Crippen LogP contribution is 2.28. The molecule has 7 heteroatoms. The third-order valence-electron chi connectivity index (χ3n) is 1.95. The topological polar surface area (TPSA) is 66.4 Å². The number of halogens is 2. The molecule has 0 heterocycles. The predicted octanol–water partition coefficient (Wildman–Crippen LogP) is 1.92. The maximum absolute atomic E-state index is 11.5. The molecule has 1 aromatic carbocycles. The number of carbonyl (C=O) groups excluding carboxylic acids is 2. The average Bonchev–Trinajstić information content (AvgIpc) is 2.29. The zero-order chi connectivity index (χ0) is 13.7. The van der Waals surface area contributed by atoms with E-state index in [0.29, 0.717) is 9.32 Å². The third-order valence-corrected chi connectivity index (χ3v) is 3.99. The molecule has 0 fully saturated rings. The highest BCUT2D eigenvalue weighted by Gasteiger charge is 2.14. The monoisotopic (exact) mass is 491 g/mol. The highest BCUT2D eigenvalue weighted by molar-refractivity contribution is 14.1. The largest absolute Gasteiger partial charge is 0.545 e. The van der Waals surface area contributed by atoms with Crippen LogP contribution in [-0.4, -0.2) is 23.9 Å². The van der Waals surface area contributed by atoms with E-state index in [4.69, 9.17) is 4.74 Å². The maximum Gasteiger partial charge on any atom is 0.312 e. The number of benzene rings is 1. The smallest absolute Gasteiger partial charge is 0.312 e. The molecule has 98 valence electrons. The minimum atomic E-state index is -1.35. The van der Waals surface area contributed by atoms with E-state index in [2.05, 4.69) is 0 Å². The molecule has 0 spiro atoms. The van der Waals surface area contributed by atoms with Crippen molar-refractivity contribution < 1.29 is 19.4 Å². The van der Waals surface area contributed by atoms with Crippen LogP contribution >= 0.6 is 56.9 Å². The summed E-state index contributed by atoms with van der Waals surface area (Å²) in [6, 6.07) is 3.17. The van der Waals surface area contributed by atoms with Crippen LogP contribution < -0.4 is 9.84 Å². The molecule has 0 aromatic heterocycles. The zero-order valence-electron chi connectivity index (χ0n) is 9.37. The Morgan fingerprint density at radius 1 is 1.39 bits per heavy atom. The van der Waals surface area contributed by atoms with Gasteiger partial charge in [0, 0.05) is 14.9 Å². The Morgan fingerprint density at radius 3 is 2.61 bits per heavy atom. The van der Waals surface area contributed by atoms with Gasteiger partial charge >= 0.3 is 5.97 Å². The number of hydrogen-bond acceptors (Lipinski definition) is 5. The van der Waals surface area contributed by atoms with Gasteiger partial charge in [-0.1, -0.05) is 0 Å². The third kappa shape index (κ3) is 4.57. The van der Waals surface area contributed by atoms with Crippen molar-refractivity contribution in [1.29, 1.82) is 0 Å². The normalized spacial score (nSPS) is 10.2. The Kier molecular flexibility index (Phi) is 6.71. The van der Waals surface area contributed by atoms with Crippen LogP contribution in [0.1, 0.15) is 16.8 Å². The van der Waals surface area contributed by atoms with Gasteiger partial charge in [0.1, 0.15) is 0 Å². The summed E-state index contributed by atoms with van der Waals surface area (Å²) < 4.78 is 6.44. The Morgan fingerprint density at radius 2 is 2.06 bits per heavy atom. The molecule has 0 radical (unpaired) electrons. The lowest BCUT2D eigenvalue weighted by molar-refractivity contribution is -0.255. The van der Waals surface area contributed by atoms with E-state index in [9.17, 15) is 14.7 Å². The van der Waals surface area contributed by atoms with Gasteiger partial charge < -0.3 is 14.6 Å². The number of thioether (sulfide) groups is 1. The SMILES string of the molecule is CSCCC(=O)Oc1c(I)cc(I)cc1C(=O)[O-]. The van der Waals surface area contributed by atoms with Crippen LogP contribution in [0.4, 0.5) is 0 Å². The van der Waals surface area contributed by atoms with Crippen LogP contribution in [0, 0.1) is 7.14 Å². The molecule has 1 aromatic rings. The number of aromatic carboxylic acids is 1. The van der Waals surface area contributed by atoms with Crippen molar-refractivity contribution in [2.45, 2.75) is 6.42 Å². The Labute approximate surface area is 136 Å². The van der Waals surface area contributed by atoms with Crippen LogP contribution in [0.25, 0.3) is 0 Å². The molecule has 18 heavy (non-hydrogen) atoms. The van der Waals surface area contributed by atoms with Crippen molar-refractivity contribution in [1.82, 2.24) is 0 Å². The Hall–Kier alpha value is -0.0300. The number of ether oxygens (including phenoxy) is 1. The van der Waals surface area contributed by atoms with Gasteiger partial charge in [0.25, 0.3) is 0 Å². The number of rotatable bonds is 5. The second-order valence-corrected chi connectivity index (χ2v) is 6.66. The lowest BCUT2D eigenvalue weighted by atomic mass is 10.2. The van der Waals surface area contributed by atoms with E-state index in [0.717, 1.165) is 3.57 Å². The summed E-state index contributed by atoms with van der Waals surface area (Å²) in [7, 11) is 0. The van der Waals surface area contributed by atoms with Crippen molar-refractivity contribution >= 4 is 68.9 Å². The first-order chi connectivity index (χ1) is 8.45. The maximum atomic E-state index is 11.5. The summed E-state index contributed by atoms with van der Waals surface area (Å²) in [5.74, 6) is -1.08. The lowest BCUT2D eigenvalue weighted by Gasteiger charge is -2.13. The lowest BCUT2D eigenvalue weighted by Crippen LogP contribution is -2.24. The first-order valence-electron chi connectivity index (χ1n) is 4.85. The van der Waals surface area contributed by atoms with Crippen LogP contribution in [0.2, 0.25) is 0 Å². The summed E-state index contributed by atoms with van der Waals surface area (Å²) in [6.45, 7) is 0. The van der Waals surface area contributed by atoms with E-state index in [1.54, 1.807) is 6.07 Å². The molecule has 1 rings (SSSR count). The molecular weight excluding hydrogens is 482 g/mol. The fourth-order valence-electron chi connectivity index (χ4n) is 1.17. The fraction of sp³-hybridized carbons (Fsp3) is 0.273. The average molecular weight is 491 g/mol. The van der Waals surface area contributed by atoms with E-state index in [1.807, 2.05) is 51.4 Å². The van der Waals surface area contributed by atoms with Gasteiger partial charge in [-0.2, -0.15) is 11.8 Å². The molecule has 0 saturated carbocycles. The second-order valence-electron chi connectivity index (χ2n) is 3.27. The van der Waals surface area contributed by atoms with Crippen molar-refractivity contribution in [3.05, 3.63) is 24.8 Å². The van der Waals surface area contributed by atoms with Gasteiger partial charge in [0.05, 0.1) is 16.0 Å². The first-order valence-corrected chi connectivity index (χ1v) is 8.41. The molecule has 0 aliphatic heterocycles. The minimum Gasteiger partial charge on any atom is -0.545 e. The van der Waals surface area contributed by atoms with Crippen molar-refractivity contribution in [2.24, 2.45) is 0 Å². The molecule has 0 amide bonds. The van der Waals surface area contributed by atoms with Gasteiger partial charge in [0.15, 0.2) is 5.75 Å². The van der Waals surface area contributed by atoms with Gasteiger partial charge in [-0.15, -0.1) is 0 Å². The van der Waals surface area contributed by atoms with Crippen LogP contribution in [0.5, 0.6) is 5.75 Å². The summed E-state index contributed by atoms with van der Waals surface area (Å²) >= 11 is 5.46. The first kappa shape index (κ1) is 16.0. The molecule has 0 aliphatic rings. The molecule has 0 N–H and O–H groups in total. The summed E-state index contributed by atoms with van der Waals surface area (Å²) in [5, 5.41) is 11.0. The Balaban J connectivity index is 3.00. The van der Waals surface area contributed by atoms with Crippen molar-refractivity contribution in [2.75, 3.05) is 12.0 Å². The van der Waals surface area contributed by atoms with E-state index < -0.39 is 11.9 Å². The van der Waals surface area contributed by atoms with E-state index in [-0.39, 0.29) is 17.7 Å². The second kappa shape index (κ2) is 7.53. The fourth-order valence-corrected chi connectivity index (χ4v) is 3.49. The van der Waals surface area contributed by atoms with Crippen molar-refractivity contribution in [3.8, 4) is 5.75 Å². The molecule has 0 atom stereocenters. The van der Waals surface area contributed by atoms with Gasteiger partial charge in [0.2, 0.25) is 0 Å². The molecule has 0 unspecified atom stereocenters.